The van der Waals surface area contributed by atoms with Gasteiger partial charge in [-0.3, -0.25) is 10.1 Å². The van der Waals surface area contributed by atoms with Crippen molar-refractivity contribution in [1.29, 1.82) is 0 Å². The molecule has 6 heteroatoms. The third-order valence-electron chi connectivity index (χ3n) is 2.31. The molecular weight excluding hydrogens is 319 g/mol. The van der Waals surface area contributed by atoms with Crippen molar-refractivity contribution in [1.82, 2.24) is 10.6 Å². The minimum Gasteiger partial charge on any atom is -0.333 e. The molecule has 0 saturated heterocycles. The van der Waals surface area contributed by atoms with E-state index >= 15 is 0 Å². The van der Waals surface area contributed by atoms with E-state index in [0.29, 0.717) is 6.54 Å². The Morgan fingerprint density at radius 2 is 1.95 bits per heavy atom. The maximum Gasteiger partial charge on any atom is 0.245 e. The second-order valence-corrected chi connectivity index (χ2v) is 6.29. The van der Waals surface area contributed by atoms with Crippen LogP contribution in [-0.4, -0.2) is 22.4 Å². The molecule has 1 rings (SSSR count). The smallest absolute Gasteiger partial charge is 0.245 e. The Bertz CT molecular complexity index is 469. The number of halogens is 3. The summed E-state index contributed by atoms with van der Waals surface area (Å²) in [7, 11) is 0. The highest BCUT2D eigenvalue weighted by Crippen LogP contribution is 2.28. The molecule has 2 N–H and O–H groups in total. The molecule has 0 radical (unpaired) electrons. The summed E-state index contributed by atoms with van der Waals surface area (Å²) in [6, 6.07) is 9.43. The van der Waals surface area contributed by atoms with Gasteiger partial charge in [-0.05, 0) is 11.6 Å². The van der Waals surface area contributed by atoms with Crippen LogP contribution in [0, 0.1) is 0 Å². The van der Waals surface area contributed by atoms with E-state index in [9.17, 15) is 4.79 Å². The van der Waals surface area contributed by atoms with E-state index in [4.69, 9.17) is 34.8 Å². The highest BCUT2D eigenvalue weighted by atomic mass is 35.6. The number of hydrogen-bond acceptors (Lipinski definition) is 2. The fraction of sp³-hybridized carbons (Fsp3) is 0.214. The largest absolute Gasteiger partial charge is 0.333 e. The third kappa shape index (κ3) is 6.44. The average molecular weight is 334 g/mol. The zero-order valence-electron chi connectivity index (χ0n) is 10.7. The quantitative estimate of drug-likeness (QED) is 0.363. The number of hydrogen-bond donors (Lipinski definition) is 2. The van der Waals surface area contributed by atoms with Gasteiger partial charge in [-0.1, -0.05) is 71.2 Å². The topological polar surface area (TPSA) is 41.1 Å². The van der Waals surface area contributed by atoms with E-state index in [1.54, 1.807) is 12.2 Å². The van der Waals surface area contributed by atoms with E-state index in [1.807, 2.05) is 30.3 Å². The molecule has 3 nitrogen and oxygen atoms in total. The van der Waals surface area contributed by atoms with Crippen molar-refractivity contribution in [3.05, 3.63) is 54.6 Å². The molecule has 0 heterocycles. The zero-order valence-corrected chi connectivity index (χ0v) is 12.9. The SMILES string of the molecule is C=CCN[C@@H](NC(=O)/C=C/c1ccccc1)C(Cl)(Cl)Cl. The van der Waals surface area contributed by atoms with E-state index < -0.39 is 9.96 Å². The molecule has 1 amide bonds. The number of nitrogens with one attached hydrogen (secondary N) is 2. The summed E-state index contributed by atoms with van der Waals surface area (Å²) in [5.74, 6) is -0.359. The molecular formula is C14H15Cl3N2O. The Kier molecular flexibility index (Phi) is 7.10. The Morgan fingerprint density at radius 3 is 2.50 bits per heavy atom. The molecule has 0 aliphatic heterocycles. The highest BCUT2D eigenvalue weighted by Gasteiger charge is 2.32. The van der Waals surface area contributed by atoms with Crippen LogP contribution >= 0.6 is 34.8 Å². The van der Waals surface area contributed by atoms with Gasteiger partial charge in [0.05, 0.1) is 0 Å². The predicted molar refractivity (Wildman–Crippen MR) is 85.9 cm³/mol. The van der Waals surface area contributed by atoms with Gasteiger partial charge in [0.2, 0.25) is 9.70 Å². The van der Waals surface area contributed by atoms with Crippen LogP contribution in [0.15, 0.2) is 49.1 Å². The van der Waals surface area contributed by atoms with Crippen LogP contribution in [0.4, 0.5) is 0 Å². The van der Waals surface area contributed by atoms with Crippen LogP contribution in [-0.2, 0) is 4.79 Å². The Morgan fingerprint density at radius 1 is 1.30 bits per heavy atom. The Labute approximate surface area is 133 Å². The normalized spacial score (nSPS) is 13.2. The summed E-state index contributed by atoms with van der Waals surface area (Å²) in [5, 5.41) is 5.44. The van der Waals surface area contributed by atoms with Gasteiger partial charge in [0.1, 0.15) is 6.17 Å². The van der Waals surface area contributed by atoms with Gasteiger partial charge in [-0.25, -0.2) is 0 Å². The lowest BCUT2D eigenvalue weighted by Gasteiger charge is -2.25. The summed E-state index contributed by atoms with van der Waals surface area (Å²) in [6.07, 6.45) is 3.86. The van der Waals surface area contributed by atoms with Crippen LogP contribution in [0.2, 0.25) is 0 Å². The van der Waals surface area contributed by atoms with Gasteiger partial charge in [-0.15, -0.1) is 6.58 Å². The molecule has 0 unspecified atom stereocenters. The number of amides is 1. The molecule has 0 aliphatic rings. The van der Waals surface area contributed by atoms with Gasteiger partial charge in [-0.2, -0.15) is 0 Å². The monoisotopic (exact) mass is 332 g/mol. The van der Waals surface area contributed by atoms with Crippen LogP contribution in [0.25, 0.3) is 6.08 Å². The molecule has 0 bridgehead atoms. The summed E-state index contributed by atoms with van der Waals surface area (Å²) in [5.41, 5.74) is 0.909. The highest BCUT2D eigenvalue weighted by molar-refractivity contribution is 6.68. The zero-order chi connectivity index (χ0) is 15.0. The van der Waals surface area contributed by atoms with Gasteiger partial charge in [0.25, 0.3) is 0 Å². The van der Waals surface area contributed by atoms with Crippen molar-refractivity contribution in [2.75, 3.05) is 6.54 Å². The predicted octanol–water partition coefficient (Wildman–Crippen LogP) is 3.29. The minimum atomic E-state index is -1.65. The van der Waals surface area contributed by atoms with Crippen LogP contribution in [0.1, 0.15) is 5.56 Å². The lowest BCUT2D eigenvalue weighted by atomic mass is 10.2. The minimum absolute atomic E-state index is 0.359. The van der Waals surface area contributed by atoms with Gasteiger partial charge in [0.15, 0.2) is 0 Å². The lowest BCUT2D eigenvalue weighted by molar-refractivity contribution is -0.117. The van der Waals surface area contributed by atoms with E-state index in [0.717, 1.165) is 5.56 Å². The molecule has 0 spiro atoms. The summed E-state index contributed by atoms with van der Waals surface area (Å²) >= 11 is 17.4. The first-order valence-corrected chi connectivity index (χ1v) is 7.01. The number of rotatable bonds is 6. The van der Waals surface area contributed by atoms with Crippen molar-refractivity contribution in [3.63, 3.8) is 0 Å². The van der Waals surface area contributed by atoms with Crippen LogP contribution < -0.4 is 10.6 Å². The number of alkyl halides is 3. The second-order valence-electron chi connectivity index (χ2n) is 3.92. The molecule has 1 aromatic rings. The maximum absolute atomic E-state index is 11.8. The van der Waals surface area contributed by atoms with Crippen molar-refractivity contribution in [2.45, 2.75) is 9.96 Å². The van der Waals surface area contributed by atoms with E-state index in [-0.39, 0.29) is 5.91 Å². The summed E-state index contributed by atoms with van der Waals surface area (Å²) in [4.78, 5) is 11.8. The number of carbonyl (C=O) groups excluding carboxylic acids is 1. The Hall–Kier alpha value is -1.000. The second kappa shape index (κ2) is 8.32. The van der Waals surface area contributed by atoms with Crippen LogP contribution in [0.5, 0.6) is 0 Å². The van der Waals surface area contributed by atoms with Crippen molar-refractivity contribution in [2.24, 2.45) is 0 Å². The fourth-order valence-corrected chi connectivity index (χ4v) is 1.77. The number of carbonyl (C=O) groups is 1. The molecule has 1 aromatic carbocycles. The number of benzene rings is 1. The summed E-state index contributed by atoms with van der Waals surface area (Å²) < 4.78 is -1.65. The van der Waals surface area contributed by atoms with Crippen molar-refractivity contribution >= 4 is 46.8 Å². The fourth-order valence-electron chi connectivity index (χ4n) is 1.38. The molecule has 0 saturated carbocycles. The maximum atomic E-state index is 11.8. The molecule has 1 atom stereocenters. The molecule has 108 valence electrons. The van der Waals surface area contributed by atoms with Crippen LogP contribution in [0.3, 0.4) is 0 Å². The third-order valence-corrected chi connectivity index (χ3v) is 2.96. The van der Waals surface area contributed by atoms with E-state index in [2.05, 4.69) is 17.2 Å². The molecule has 0 aromatic heterocycles. The van der Waals surface area contributed by atoms with Gasteiger partial charge >= 0.3 is 0 Å². The first-order chi connectivity index (χ1) is 9.43. The standard InChI is InChI=1S/C14H15Cl3N2O/c1-2-10-18-13(14(15,16)17)19-12(20)9-8-11-6-4-3-5-7-11/h2-9,13,18H,1,10H2,(H,19,20)/b9-8+/t13-/m0/s1. The molecule has 0 fully saturated rings. The molecule has 0 aliphatic carbocycles. The van der Waals surface area contributed by atoms with Crippen molar-refractivity contribution in [3.8, 4) is 0 Å². The van der Waals surface area contributed by atoms with Crippen molar-refractivity contribution < 1.29 is 4.79 Å². The lowest BCUT2D eigenvalue weighted by Crippen LogP contribution is -2.53. The van der Waals surface area contributed by atoms with Gasteiger partial charge in [0, 0.05) is 12.6 Å². The first-order valence-electron chi connectivity index (χ1n) is 5.88. The summed E-state index contributed by atoms with van der Waals surface area (Å²) in [6.45, 7) is 3.96. The Balaban J connectivity index is 2.62. The molecule has 20 heavy (non-hydrogen) atoms. The van der Waals surface area contributed by atoms with Gasteiger partial charge < -0.3 is 5.32 Å². The average Bonchev–Trinajstić information content (AvgIpc) is 2.41. The van der Waals surface area contributed by atoms with E-state index in [1.165, 1.54) is 6.08 Å². The first kappa shape index (κ1) is 17.1.